The molecule has 110 valence electrons. The van der Waals surface area contributed by atoms with Gasteiger partial charge in [0.05, 0.1) is 16.6 Å². The van der Waals surface area contributed by atoms with Gasteiger partial charge in [0.2, 0.25) is 0 Å². The number of nitrogens with zero attached hydrogens (tertiary/aromatic N) is 2. The van der Waals surface area contributed by atoms with E-state index in [1.165, 1.54) is 0 Å². The number of benzene rings is 2. The molecule has 1 aromatic heterocycles. The standard InChI is InChI=1S/C17H13ClN2O2/c1-11(13-4-2-3-5-14(13)18)22-17(21)12-6-7-15-16(10-12)20-9-8-19-15/h2-11H,1H3/t11-/m0/s1. The molecule has 1 heterocycles. The second-order valence-electron chi connectivity index (χ2n) is 4.83. The first-order chi connectivity index (χ1) is 10.6. The zero-order chi connectivity index (χ0) is 15.5. The summed E-state index contributed by atoms with van der Waals surface area (Å²) in [6.07, 6.45) is 2.77. The highest BCUT2D eigenvalue weighted by atomic mass is 35.5. The fourth-order valence-corrected chi connectivity index (χ4v) is 2.48. The van der Waals surface area contributed by atoms with Crippen LogP contribution in [0.4, 0.5) is 0 Å². The number of rotatable bonds is 3. The maximum absolute atomic E-state index is 12.3. The van der Waals surface area contributed by atoms with Crippen molar-refractivity contribution >= 4 is 28.6 Å². The summed E-state index contributed by atoms with van der Waals surface area (Å²) in [5.74, 6) is -0.417. The second kappa shape index (κ2) is 6.12. The van der Waals surface area contributed by atoms with Gasteiger partial charge in [-0.05, 0) is 31.2 Å². The molecule has 3 rings (SSSR count). The monoisotopic (exact) mass is 312 g/mol. The van der Waals surface area contributed by atoms with Crippen LogP contribution >= 0.6 is 11.6 Å². The van der Waals surface area contributed by atoms with Crippen molar-refractivity contribution in [2.24, 2.45) is 0 Å². The summed E-state index contributed by atoms with van der Waals surface area (Å²) < 4.78 is 5.48. The normalized spacial score (nSPS) is 12.1. The van der Waals surface area contributed by atoms with E-state index in [-0.39, 0.29) is 0 Å². The highest BCUT2D eigenvalue weighted by Crippen LogP contribution is 2.26. The highest BCUT2D eigenvalue weighted by molar-refractivity contribution is 6.31. The molecule has 0 N–H and O–H groups in total. The van der Waals surface area contributed by atoms with Gasteiger partial charge >= 0.3 is 5.97 Å². The lowest BCUT2D eigenvalue weighted by molar-refractivity contribution is 0.0338. The van der Waals surface area contributed by atoms with Crippen molar-refractivity contribution < 1.29 is 9.53 Å². The van der Waals surface area contributed by atoms with E-state index in [0.29, 0.717) is 16.1 Å². The van der Waals surface area contributed by atoms with E-state index in [1.807, 2.05) is 18.2 Å². The topological polar surface area (TPSA) is 52.1 Å². The zero-order valence-electron chi connectivity index (χ0n) is 11.9. The van der Waals surface area contributed by atoms with E-state index in [2.05, 4.69) is 9.97 Å². The molecule has 0 fully saturated rings. The van der Waals surface area contributed by atoms with Crippen LogP contribution in [0.15, 0.2) is 54.9 Å². The molecule has 0 saturated carbocycles. The maximum atomic E-state index is 12.3. The minimum atomic E-state index is -0.432. The van der Waals surface area contributed by atoms with Gasteiger partial charge in [0.15, 0.2) is 0 Å². The zero-order valence-corrected chi connectivity index (χ0v) is 12.6. The van der Waals surface area contributed by atoms with Crippen molar-refractivity contribution in [3.8, 4) is 0 Å². The summed E-state index contributed by atoms with van der Waals surface area (Å²) in [5, 5.41) is 0.576. The van der Waals surface area contributed by atoms with Crippen LogP contribution in [0, 0.1) is 0 Å². The van der Waals surface area contributed by atoms with E-state index >= 15 is 0 Å². The summed E-state index contributed by atoms with van der Waals surface area (Å²) in [5.41, 5.74) is 2.60. The Morgan fingerprint density at radius 2 is 1.82 bits per heavy atom. The smallest absolute Gasteiger partial charge is 0.338 e. The average molecular weight is 313 g/mol. The quantitative estimate of drug-likeness (QED) is 0.680. The SMILES string of the molecule is C[C@H](OC(=O)c1ccc2nccnc2c1)c1ccccc1Cl. The van der Waals surface area contributed by atoms with E-state index in [0.717, 1.165) is 11.1 Å². The fourth-order valence-electron chi connectivity index (χ4n) is 2.19. The molecule has 0 amide bonds. The Labute approximate surface area is 132 Å². The largest absolute Gasteiger partial charge is 0.454 e. The van der Waals surface area contributed by atoms with Gasteiger partial charge in [-0.25, -0.2) is 4.79 Å². The van der Waals surface area contributed by atoms with E-state index in [9.17, 15) is 4.79 Å². The Balaban J connectivity index is 1.82. The van der Waals surface area contributed by atoms with E-state index in [1.54, 1.807) is 43.6 Å². The third-order valence-corrected chi connectivity index (χ3v) is 3.68. The number of hydrogen-bond acceptors (Lipinski definition) is 4. The van der Waals surface area contributed by atoms with Crippen molar-refractivity contribution in [3.63, 3.8) is 0 Å². The minimum absolute atomic E-state index is 0.417. The molecule has 0 unspecified atom stereocenters. The summed E-state index contributed by atoms with van der Waals surface area (Å²) in [6.45, 7) is 1.79. The summed E-state index contributed by atoms with van der Waals surface area (Å²) in [6, 6.07) is 12.4. The molecule has 1 atom stereocenters. The van der Waals surface area contributed by atoms with Gasteiger partial charge < -0.3 is 4.74 Å². The number of esters is 1. The van der Waals surface area contributed by atoms with Crippen LogP contribution in [-0.2, 0) is 4.74 Å². The third-order valence-electron chi connectivity index (χ3n) is 3.33. The molecule has 0 radical (unpaired) electrons. The lowest BCUT2D eigenvalue weighted by atomic mass is 10.1. The van der Waals surface area contributed by atoms with Crippen molar-refractivity contribution in [2.75, 3.05) is 0 Å². The summed E-state index contributed by atoms with van der Waals surface area (Å²) >= 11 is 6.12. The first-order valence-electron chi connectivity index (χ1n) is 6.81. The van der Waals surface area contributed by atoms with Crippen LogP contribution < -0.4 is 0 Å². The molecule has 4 nitrogen and oxygen atoms in total. The molecular formula is C17H13ClN2O2. The van der Waals surface area contributed by atoms with Crippen molar-refractivity contribution in [2.45, 2.75) is 13.0 Å². The van der Waals surface area contributed by atoms with E-state index < -0.39 is 12.1 Å². The molecule has 0 spiro atoms. The number of fused-ring (bicyclic) bond motifs is 1. The predicted molar refractivity (Wildman–Crippen MR) is 84.8 cm³/mol. The molecule has 0 bridgehead atoms. The number of hydrogen-bond donors (Lipinski definition) is 0. The first-order valence-corrected chi connectivity index (χ1v) is 7.19. The van der Waals surface area contributed by atoms with Crippen molar-refractivity contribution in [3.05, 3.63) is 71.0 Å². The third kappa shape index (κ3) is 2.92. The summed E-state index contributed by atoms with van der Waals surface area (Å²) in [4.78, 5) is 20.6. The Kier molecular flexibility index (Phi) is 4.02. The van der Waals surface area contributed by atoms with Gasteiger partial charge in [0.1, 0.15) is 6.10 Å². The van der Waals surface area contributed by atoms with Crippen LogP contribution in [0.5, 0.6) is 0 Å². The number of carbonyl (C=O) groups excluding carboxylic acids is 1. The second-order valence-corrected chi connectivity index (χ2v) is 5.24. The first kappa shape index (κ1) is 14.5. The van der Waals surface area contributed by atoms with E-state index in [4.69, 9.17) is 16.3 Å². The lowest BCUT2D eigenvalue weighted by Gasteiger charge is -2.15. The van der Waals surface area contributed by atoms with Crippen molar-refractivity contribution in [1.82, 2.24) is 9.97 Å². The Bertz CT molecular complexity index is 836. The molecule has 5 heteroatoms. The van der Waals surface area contributed by atoms with Gasteiger partial charge in [-0.15, -0.1) is 0 Å². The molecule has 0 saturated heterocycles. The number of halogens is 1. The van der Waals surface area contributed by atoms with Gasteiger partial charge in [-0.3, -0.25) is 9.97 Å². The Morgan fingerprint density at radius 1 is 1.09 bits per heavy atom. The number of ether oxygens (including phenoxy) is 1. The van der Waals surface area contributed by atoms with Crippen LogP contribution in [0.3, 0.4) is 0 Å². The van der Waals surface area contributed by atoms with Crippen LogP contribution in [0.2, 0.25) is 5.02 Å². The van der Waals surface area contributed by atoms with Gasteiger partial charge in [0, 0.05) is 23.0 Å². The van der Waals surface area contributed by atoms with Gasteiger partial charge in [-0.2, -0.15) is 0 Å². The Hall–Kier alpha value is -2.46. The number of aromatic nitrogens is 2. The minimum Gasteiger partial charge on any atom is -0.454 e. The molecule has 2 aromatic carbocycles. The maximum Gasteiger partial charge on any atom is 0.338 e. The van der Waals surface area contributed by atoms with Crippen LogP contribution in [0.25, 0.3) is 11.0 Å². The molecule has 22 heavy (non-hydrogen) atoms. The lowest BCUT2D eigenvalue weighted by Crippen LogP contribution is -2.09. The van der Waals surface area contributed by atoms with Gasteiger partial charge in [0.25, 0.3) is 0 Å². The Morgan fingerprint density at radius 3 is 2.59 bits per heavy atom. The number of carbonyl (C=O) groups is 1. The molecule has 0 aliphatic heterocycles. The average Bonchev–Trinajstić information content (AvgIpc) is 2.54. The van der Waals surface area contributed by atoms with Crippen LogP contribution in [0.1, 0.15) is 28.9 Å². The molecular weight excluding hydrogens is 300 g/mol. The van der Waals surface area contributed by atoms with Crippen LogP contribution in [-0.4, -0.2) is 15.9 Å². The predicted octanol–water partition coefficient (Wildman–Crippen LogP) is 4.20. The summed E-state index contributed by atoms with van der Waals surface area (Å²) in [7, 11) is 0. The highest BCUT2D eigenvalue weighted by Gasteiger charge is 2.16. The fraction of sp³-hybridized carbons (Fsp3) is 0.118. The molecule has 3 aromatic rings. The molecule has 0 aliphatic carbocycles. The van der Waals surface area contributed by atoms with Gasteiger partial charge in [-0.1, -0.05) is 29.8 Å². The van der Waals surface area contributed by atoms with Crippen molar-refractivity contribution in [1.29, 1.82) is 0 Å². The molecule has 0 aliphatic rings.